The molecule has 1 rings (SSSR count). The van der Waals surface area contributed by atoms with E-state index in [0.29, 0.717) is 5.69 Å². The van der Waals surface area contributed by atoms with Gasteiger partial charge in [0.2, 0.25) is 0 Å². The summed E-state index contributed by atoms with van der Waals surface area (Å²) in [7, 11) is 0. The molecule has 4 heteroatoms. The smallest absolute Gasteiger partial charge is 0.314 e. The highest BCUT2D eigenvalue weighted by atomic mass is 35.5. The minimum absolute atomic E-state index is 0.161. The lowest BCUT2D eigenvalue weighted by Crippen LogP contribution is -1.94. The fraction of sp³-hybridized carbons (Fsp3) is 0. The second-order valence-electron chi connectivity index (χ2n) is 1.85. The first-order valence-electron chi connectivity index (χ1n) is 2.82. The van der Waals surface area contributed by atoms with Crippen LogP contribution in [0.3, 0.4) is 0 Å². The first-order valence-corrected chi connectivity index (χ1v) is 3.20. The average Bonchev–Trinajstić information content (AvgIpc) is 1.95. The quantitative estimate of drug-likeness (QED) is 0.679. The monoisotopic (exact) mass is 172 g/mol. The van der Waals surface area contributed by atoms with Crippen LogP contribution in [0.5, 0.6) is 0 Å². The maximum atomic E-state index is 12.4. The summed E-state index contributed by atoms with van der Waals surface area (Å²) >= 11 is 5.53. The Hall–Kier alpha value is -1.09. The molecule has 0 spiro atoms. The maximum Gasteiger partial charge on any atom is 0.314 e. The summed E-state index contributed by atoms with van der Waals surface area (Å²) in [4.78, 5) is 9.82. The molecule has 0 atom stereocenters. The maximum absolute atomic E-state index is 12.4. The summed E-state index contributed by atoms with van der Waals surface area (Å²) in [6.07, 6.45) is 1.44. The molecular formula is C7H4ClFNO. The summed E-state index contributed by atoms with van der Waals surface area (Å²) < 4.78 is 12.4. The predicted octanol–water partition coefficient (Wildman–Crippen LogP) is 1.96. The van der Waals surface area contributed by atoms with E-state index in [2.05, 4.69) is 5.32 Å². The van der Waals surface area contributed by atoms with Crippen molar-refractivity contribution < 1.29 is 9.18 Å². The van der Waals surface area contributed by atoms with E-state index in [1.54, 1.807) is 0 Å². The Balaban J connectivity index is 2.98. The van der Waals surface area contributed by atoms with E-state index >= 15 is 0 Å². The number of anilines is 1. The fourth-order valence-corrected chi connectivity index (χ4v) is 0.860. The van der Waals surface area contributed by atoms with Crippen LogP contribution in [-0.4, -0.2) is 6.41 Å². The number of benzene rings is 1. The van der Waals surface area contributed by atoms with Gasteiger partial charge >= 0.3 is 6.41 Å². The van der Waals surface area contributed by atoms with Crippen LogP contribution >= 0.6 is 11.6 Å². The first-order chi connectivity index (χ1) is 5.24. The van der Waals surface area contributed by atoms with Gasteiger partial charge < -0.3 is 5.32 Å². The van der Waals surface area contributed by atoms with Crippen LogP contribution in [0.15, 0.2) is 18.2 Å². The molecule has 0 saturated carbocycles. The van der Waals surface area contributed by atoms with Crippen molar-refractivity contribution in [2.24, 2.45) is 0 Å². The van der Waals surface area contributed by atoms with Crippen molar-refractivity contribution in [2.45, 2.75) is 0 Å². The van der Waals surface area contributed by atoms with E-state index in [-0.39, 0.29) is 5.02 Å². The second kappa shape index (κ2) is 3.34. The molecule has 1 N–H and O–H groups in total. The molecule has 0 unspecified atom stereocenters. The minimum atomic E-state index is -0.438. The Morgan fingerprint density at radius 2 is 2.27 bits per heavy atom. The summed E-state index contributed by atoms with van der Waals surface area (Å²) in [6.45, 7) is 0. The highest BCUT2D eigenvalue weighted by Crippen LogP contribution is 2.21. The Morgan fingerprint density at radius 1 is 1.55 bits per heavy atom. The van der Waals surface area contributed by atoms with Gasteiger partial charge in [-0.1, -0.05) is 11.6 Å². The summed E-state index contributed by atoms with van der Waals surface area (Å²) in [5.74, 6) is -0.438. The van der Waals surface area contributed by atoms with Crippen LogP contribution in [-0.2, 0) is 4.79 Å². The van der Waals surface area contributed by atoms with E-state index in [1.807, 2.05) is 0 Å². The molecule has 1 aromatic rings. The van der Waals surface area contributed by atoms with E-state index < -0.39 is 5.82 Å². The molecule has 0 aliphatic rings. The number of halogens is 2. The number of rotatable bonds is 2. The third kappa shape index (κ3) is 1.91. The van der Waals surface area contributed by atoms with E-state index in [1.165, 1.54) is 18.5 Å². The van der Waals surface area contributed by atoms with Crippen LogP contribution in [0, 0.1) is 5.82 Å². The van der Waals surface area contributed by atoms with Crippen LogP contribution < -0.4 is 5.32 Å². The molecule has 0 aromatic heterocycles. The van der Waals surface area contributed by atoms with Gasteiger partial charge in [0.15, 0.2) is 0 Å². The molecule has 1 radical (unpaired) electrons. The largest absolute Gasteiger partial charge is 0.316 e. The average molecular weight is 173 g/mol. The number of nitrogens with one attached hydrogen (secondary N) is 1. The lowest BCUT2D eigenvalue weighted by molar-refractivity contribution is 0.561. The van der Waals surface area contributed by atoms with Gasteiger partial charge in [0, 0.05) is 0 Å². The molecule has 1 amide bonds. The highest BCUT2D eigenvalue weighted by Gasteiger charge is 1.99. The lowest BCUT2D eigenvalue weighted by atomic mass is 10.3. The minimum Gasteiger partial charge on any atom is -0.316 e. The molecule has 2 nitrogen and oxygen atoms in total. The molecule has 11 heavy (non-hydrogen) atoms. The third-order valence-electron chi connectivity index (χ3n) is 1.12. The molecule has 0 fully saturated rings. The van der Waals surface area contributed by atoms with Crippen molar-refractivity contribution in [1.82, 2.24) is 0 Å². The number of hydrogen-bond acceptors (Lipinski definition) is 1. The molecule has 0 heterocycles. The molecule has 1 aromatic carbocycles. The van der Waals surface area contributed by atoms with Gasteiger partial charge in [-0.25, -0.2) is 4.39 Å². The topological polar surface area (TPSA) is 29.1 Å². The number of hydrogen-bond donors (Lipinski definition) is 1. The van der Waals surface area contributed by atoms with Gasteiger partial charge in [-0.15, -0.1) is 0 Å². The Bertz CT molecular complexity index is 277. The Kier molecular flexibility index (Phi) is 2.44. The molecular weight excluding hydrogens is 169 g/mol. The van der Waals surface area contributed by atoms with Gasteiger partial charge in [0.05, 0.1) is 10.7 Å². The van der Waals surface area contributed by atoms with Crippen molar-refractivity contribution in [3.8, 4) is 0 Å². The number of carbonyl (C=O) groups excluding carboxylic acids is 1. The Morgan fingerprint density at radius 3 is 2.82 bits per heavy atom. The lowest BCUT2D eigenvalue weighted by Gasteiger charge is -1.99. The highest BCUT2D eigenvalue weighted by molar-refractivity contribution is 6.33. The number of amides is 1. The zero-order valence-electron chi connectivity index (χ0n) is 5.40. The van der Waals surface area contributed by atoms with E-state index in [9.17, 15) is 9.18 Å². The van der Waals surface area contributed by atoms with Gasteiger partial charge in [0.25, 0.3) is 0 Å². The van der Waals surface area contributed by atoms with Crippen LogP contribution in [0.4, 0.5) is 10.1 Å². The first kappa shape index (κ1) is 8.01. The fourth-order valence-electron chi connectivity index (χ4n) is 0.646. The standard InChI is InChI=1S/C7H4ClFNO/c8-6-3-5(9)1-2-7(6)10-4-11/h1-3H,(H,10,11). The molecule has 0 bridgehead atoms. The van der Waals surface area contributed by atoms with Crippen molar-refractivity contribution in [3.63, 3.8) is 0 Å². The van der Waals surface area contributed by atoms with Crippen molar-refractivity contribution in [1.29, 1.82) is 0 Å². The molecule has 0 aliphatic carbocycles. The van der Waals surface area contributed by atoms with Crippen molar-refractivity contribution >= 4 is 23.7 Å². The van der Waals surface area contributed by atoms with Crippen LogP contribution in [0.1, 0.15) is 0 Å². The van der Waals surface area contributed by atoms with Crippen LogP contribution in [0.25, 0.3) is 0 Å². The van der Waals surface area contributed by atoms with Gasteiger partial charge in [-0.05, 0) is 18.2 Å². The van der Waals surface area contributed by atoms with E-state index in [4.69, 9.17) is 11.6 Å². The molecule has 0 saturated heterocycles. The normalized spacial score (nSPS) is 9.27. The molecule has 57 valence electrons. The van der Waals surface area contributed by atoms with Gasteiger partial charge in [-0.2, -0.15) is 0 Å². The summed E-state index contributed by atoms with van der Waals surface area (Å²) in [6, 6.07) is 3.68. The van der Waals surface area contributed by atoms with E-state index in [0.717, 1.165) is 6.07 Å². The van der Waals surface area contributed by atoms with Crippen LogP contribution in [0.2, 0.25) is 5.02 Å². The Labute approximate surface area is 68.0 Å². The van der Waals surface area contributed by atoms with Gasteiger partial charge in [-0.3, -0.25) is 4.79 Å². The molecule has 0 aliphatic heterocycles. The second-order valence-corrected chi connectivity index (χ2v) is 2.26. The van der Waals surface area contributed by atoms with Crippen molar-refractivity contribution in [2.75, 3.05) is 5.32 Å². The summed E-state index contributed by atoms with van der Waals surface area (Å²) in [5, 5.41) is 2.36. The zero-order chi connectivity index (χ0) is 8.27. The SMILES string of the molecule is O=[C]Nc1ccc(F)cc1Cl. The predicted molar refractivity (Wildman–Crippen MR) is 40.7 cm³/mol. The van der Waals surface area contributed by atoms with Crippen molar-refractivity contribution in [3.05, 3.63) is 29.0 Å². The third-order valence-corrected chi connectivity index (χ3v) is 1.43. The van der Waals surface area contributed by atoms with Gasteiger partial charge in [0.1, 0.15) is 5.82 Å². The summed E-state index contributed by atoms with van der Waals surface area (Å²) in [5.41, 5.74) is 0.350. The zero-order valence-corrected chi connectivity index (χ0v) is 6.15.